The average molecular weight is 253 g/mol. The van der Waals surface area contributed by atoms with Crippen LogP contribution in [0, 0.1) is 6.92 Å². The Bertz CT molecular complexity index is 464. The molecule has 0 saturated heterocycles. The third-order valence-corrected chi connectivity index (χ3v) is 3.69. The summed E-state index contributed by atoms with van der Waals surface area (Å²) in [6.07, 6.45) is 1.65. The zero-order valence-electron chi connectivity index (χ0n) is 9.20. The minimum atomic E-state index is 0.271. The highest BCUT2D eigenvalue weighted by atomic mass is 35.5. The van der Waals surface area contributed by atoms with E-state index in [-0.39, 0.29) is 6.04 Å². The molecule has 2 nitrogen and oxygen atoms in total. The van der Waals surface area contributed by atoms with Crippen molar-refractivity contribution < 1.29 is 0 Å². The molecule has 0 saturated carbocycles. The Morgan fingerprint density at radius 3 is 2.69 bits per heavy atom. The van der Waals surface area contributed by atoms with Crippen LogP contribution in [0.15, 0.2) is 30.5 Å². The van der Waals surface area contributed by atoms with Gasteiger partial charge >= 0.3 is 0 Å². The molecule has 0 radical (unpaired) electrons. The third kappa shape index (κ3) is 2.74. The molecule has 2 aromatic rings. The lowest BCUT2D eigenvalue weighted by molar-refractivity contribution is 0.896. The largest absolute Gasteiger partial charge is 0.363 e. The molecule has 1 N–H and O–H groups in total. The fourth-order valence-corrected chi connectivity index (χ4v) is 2.43. The van der Waals surface area contributed by atoms with Gasteiger partial charge in [0.15, 0.2) is 0 Å². The van der Waals surface area contributed by atoms with Crippen LogP contribution in [-0.2, 0) is 0 Å². The minimum absolute atomic E-state index is 0.271. The normalized spacial score (nSPS) is 12.4. The van der Waals surface area contributed by atoms with Gasteiger partial charge in [0.2, 0.25) is 0 Å². The maximum atomic E-state index is 5.78. The number of nitrogens with one attached hydrogen (secondary N) is 1. The van der Waals surface area contributed by atoms with Crippen molar-refractivity contribution in [3.05, 3.63) is 45.2 Å². The number of aryl methyl sites for hydroxylation is 1. The first kappa shape index (κ1) is 11.4. The van der Waals surface area contributed by atoms with E-state index in [9.17, 15) is 0 Å². The summed E-state index contributed by atoms with van der Waals surface area (Å²) in [5, 5.41) is 4.00. The fraction of sp³-hybridized carbons (Fsp3) is 0.250. The van der Waals surface area contributed by atoms with Crippen molar-refractivity contribution in [2.24, 2.45) is 0 Å². The van der Waals surface area contributed by atoms with Gasteiger partial charge in [-0.05, 0) is 38.1 Å². The maximum Gasteiger partial charge on any atom is 0.126 e. The Balaban J connectivity index is 2.07. The van der Waals surface area contributed by atoms with E-state index in [1.807, 2.05) is 12.1 Å². The zero-order chi connectivity index (χ0) is 11.5. The van der Waals surface area contributed by atoms with Crippen LogP contribution in [0.3, 0.4) is 0 Å². The van der Waals surface area contributed by atoms with Crippen molar-refractivity contribution in [3.63, 3.8) is 0 Å². The van der Waals surface area contributed by atoms with Crippen LogP contribution in [0.2, 0.25) is 5.02 Å². The molecule has 1 atom stereocenters. The zero-order valence-corrected chi connectivity index (χ0v) is 10.8. The monoisotopic (exact) mass is 252 g/mol. The molecule has 0 aliphatic heterocycles. The topological polar surface area (TPSA) is 24.9 Å². The molecule has 0 spiro atoms. The van der Waals surface area contributed by atoms with Crippen LogP contribution in [0.4, 0.5) is 5.82 Å². The van der Waals surface area contributed by atoms with E-state index < -0.39 is 0 Å². The number of thiophene rings is 1. The predicted octanol–water partition coefficient (Wildman–Crippen LogP) is 4.28. The average Bonchev–Trinajstić information content (AvgIpc) is 2.68. The van der Waals surface area contributed by atoms with Gasteiger partial charge in [0.1, 0.15) is 5.82 Å². The minimum Gasteiger partial charge on any atom is -0.363 e. The summed E-state index contributed by atoms with van der Waals surface area (Å²) in [5.74, 6) is 0.850. The summed E-state index contributed by atoms with van der Waals surface area (Å²) in [4.78, 5) is 6.85. The number of anilines is 1. The summed E-state index contributed by atoms with van der Waals surface area (Å²) >= 11 is 7.58. The summed E-state index contributed by atoms with van der Waals surface area (Å²) < 4.78 is 0. The van der Waals surface area contributed by atoms with E-state index in [4.69, 9.17) is 11.6 Å². The highest BCUT2D eigenvalue weighted by Gasteiger charge is 2.07. The van der Waals surface area contributed by atoms with Crippen molar-refractivity contribution in [1.82, 2.24) is 4.98 Å². The van der Waals surface area contributed by atoms with Crippen molar-refractivity contribution >= 4 is 28.8 Å². The van der Waals surface area contributed by atoms with Crippen LogP contribution < -0.4 is 5.32 Å². The second-order valence-electron chi connectivity index (χ2n) is 3.68. The number of aromatic nitrogens is 1. The van der Waals surface area contributed by atoms with Gasteiger partial charge in [0.25, 0.3) is 0 Å². The first-order valence-corrected chi connectivity index (χ1v) is 6.29. The molecule has 2 rings (SSSR count). The quantitative estimate of drug-likeness (QED) is 0.882. The third-order valence-electron chi connectivity index (χ3n) is 2.28. The Hall–Kier alpha value is -1.06. The molecule has 0 fully saturated rings. The van der Waals surface area contributed by atoms with Gasteiger partial charge in [0, 0.05) is 16.0 Å². The fourth-order valence-electron chi connectivity index (χ4n) is 1.44. The van der Waals surface area contributed by atoms with Gasteiger partial charge in [-0.3, -0.25) is 0 Å². The number of rotatable bonds is 3. The molecule has 0 aliphatic rings. The first-order valence-electron chi connectivity index (χ1n) is 5.09. The molecule has 0 aromatic carbocycles. The highest BCUT2D eigenvalue weighted by Crippen LogP contribution is 2.25. The Kier molecular flexibility index (Phi) is 3.46. The van der Waals surface area contributed by atoms with Gasteiger partial charge < -0.3 is 5.32 Å². The summed E-state index contributed by atoms with van der Waals surface area (Å²) in [6.45, 7) is 4.24. The first-order chi connectivity index (χ1) is 7.65. The van der Waals surface area contributed by atoms with Crippen LogP contribution >= 0.6 is 22.9 Å². The van der Waals surface area contributed by atoms with Gasteiger partial charge in [-0.2, -0.15) is 0 Å². The Morgan fingerprint density at radius 1 is 1.31 bits per heavy atom. The highest BCUT2D eigenvalue weighted by molar-refractivity contribution is 7.12. The van der Waals surface area contributed by atoms with E-state index in [0.29, 0.717) is 5.02 Å². The molecule has 1 unspecified atom stereocenters. The predicted molar refractivity (Wildman–Crippen MR) is 70.3 cm³/mol. The summed E-state index contributed by atoms with van der Waals surface area (Å²) in [7, 11) is 0. The molecule has 0 amide bonds. The lowest BCUT2D eigenvalue weighted by Crippen LogP contribution is -2.05. The Morgan fingerprint density at radius 2 is 2.12 bits per heavy atom. The van der Waals surface area contributed by atoms with Gasteiger partial charge in [-0.25, -0.2) is 4.98 Å². The van der Waals surface area contributed by atoms with Gasteiger partial charge in [-0.15, -0.1) is 11.3 Å². The molecular weight excluding hydrogens is 240 g/mol. The van der Waals surface area contributed by atoms with E-state index in [1.165, 1.54) is 9.75 Å². The molecule has 0 bridgehead atoms. The van der Waals surface area contributed by atoms with E-state index >= 15 is 0 Å². The number of nitrogens with zero attached hydrogens (tertiary/aromatic N) is 1. The summed E-state index contributed by atoms with van der Waals surface area (Å²) in [6, 6.07) is 8.27. The lowest BCUT2D eigenvalue weighted by atomic mass is 10.2. The Labute approximate surface area is 104 Å². The van der Waals surface area contributed by atoms with Crippen molar-refractivity contribution in [3.8, 4) is 0 Å². The smallest absolute Gasteiger partial charge is 0.126 e. The lowest BCUT2D eigenvalue weighted by Gasteiger charge is -2.12. The SMILES string of the molecule is Cc1ccc(C(C)Nc2ccc(Cl)cn2)s1. The molecule has 2 heterocycles. The second kappa shape index (κ2) is 4.85. The molecule has 84 valence electrons. The molecule has 4 heteroatoms. The van der Waals surface area contributed by atoms with Crippen molar-refractivity contribution in [2.75, 3.05) is 5.32 Å². The standard InChI is InChI=1S/C12H13ClN2S/c1-8-3-5-11(16-8)9(2)15-12-6-4-10(13)7-14-12/h3-7,9H,1-2H3,(H,14,15). The number of hydrogen-bond donors (Lipinski definition) is 1. The van der Waals surface area contributed by atoms with Crippen LogP contribution in [0.5, 0.6) is 0 Å². The molecule has 16 heavy (non-hydrogen) atoms. The van der Waals surface area contributed by atoms with Crippen molar-refractivity contribution in [2.45, 2.75) is 19.9 Å². The maximum absolute atomic E-state index is 5.78. The van der Waals surface area contributed by atoms with Crippen LogP contribution in [0.25, 0.3) is 0 Å². The van der Waals surface area contributed by atoms with Crippen LogP contribution in [-0.4, -0.2) is 4.98 Å². The van der Waals surface area contributed by atoms with Gasteiger partial charge in [-0.1, -0.05) is 11.6 Å². The van der Waals surface area contributed by atoms with Crippen LogP contribution in [0.1, 0.15) is 22.7 Å². The van der Waals surface area contributed by atoms with E-state index in [1.54, 1.807) is 17.5 Å². The van der Waals surface area contributed by atoms with E-state index in [0.717, 1.165) is 5.82 Å². The number of halogens is 1. The second-order valence-corrected chi connectivity index (χ2v) is 5.43. The number of pyridine rings is 1. The molecular formula is C12H13ClN2S. The molecule has 0 aliphatic carbocycles. The summed E-state index contributed by atoms with van der Waals surface area (Å²) in [5.41, 5.74) is 0. The van der Waals surface area contributed by atoms with E-state index in [2.05, 4.69) is 36.3 Å². The molecule has 2 aromatic heterocycles. The number of hydrogen-bond acceptors (Lipinski definition) is 3. The van der Waals surface area contributed by atoms with Gasteiger partial charge in [0.05, 0.1) is 11.1 Å². The van der Waals surface area contributed by atoms with Crippen molar-refractivity contribution in [1.29, 1.82) is 0 Å².